The Labute approximate surface area is 105 Å². The summed E-state index contributed by atoms with van der Waals surface area (Å²) in [6.07, 6.45) is 0. The summed E-state index contributed by atoms with van der Waals surface area (Å²) in [5.41, 5.74) is -0.0589. The fourth-order valence-electron chi connectivity index (χ4n) is 1.56. The highest BCUT2D eigenvalue weighted by atomic mass is 16.6. The van der Waals surface area contributed by atoms with Crippen LogP contribution < -0.4 is 4.90 Å². The maximum atomic E-state index is 11.4. The minimum Gasteiger partial charge on any atom is -0.464 e. The van der Waals surface area contributed by atoms with Crippen molar-refractivity contribution in [2.75, 3.05) is 25.1 Å². The van der Waals surface area contributed by atoms with E-state index in [-0.39, 0.29) is 17.2 Å². The number of pyridine rings is 1. The van der Waals surface area contributed by atoms with Gasteiger partial charge >= 0.3 is 11.7 Å². The summed E-state index contributed by atoms with van der Waals surface area (Å²) in [5.74, 6) is -0.425. The van der Waals surface area contributed by atoms with Crippen LogP contribution in [-0.2, 0) is 4.74 Å². The maximum Gasteiger partial charge on any atom is 0.356 e. The molecule has 0 aromatic carbocycles. The molecule has 0 amide bonds. The van der Waals surface area contributed by atoms with Crippen LogP contribution in [0, 0.1) is 10.1 Å². The molecule has 0 radical (unpaired) electrons. The van der Waals surface area contributed by atoms with Crippen LogP contribution in [0.25, 0.3) is 0 Å². The molecule has 7 heteroatoms. The van der Waals surface area contributed by atoms with Crippen LogP contribution in [0.2, 0.25) is 0 Å². The predicted molar refractivity (Wildman–Crippen MR) is 65.8 cm³/mol. The van der Waals surface area contributed by atoms with E-state index < -0.39 is 10.9 Å². The van der Waals surface area contributed by atoms with Crippen molar-refractivity contribution in [2.24, 2.45) is 0 Å². The Morgan fingerprint density at radius 3 is 2.50 bits per heavy atom. The zero-order chi connectivity index (χ0) is 13.7. The van der Waals surface area contributed by atoms with Crippen molar-refractivity contribution in [1.29, 1.82) is 0 Å². The van der Waals surface area contributed by atoms with E-state index in [4.69, 9.17) is 0 Å². The molecule has 0 saturated heterocycles. The molecule has 0 unspecified atom stereocenters. The average Bonchev–Trinajstić information content (AvgIpc) is 2.38. The van der Waals surface area contributed by atoms with Gasteiger partial charge in [-0.1, -0.05) is 0 Å². The van der Waals surface area contributed by atoms with Crippen LogP contribution in [0.1, 0.15) is 24.3 Å². The first kappa shape index (κ1) is 13.9. The summed E-state index contributed by atoms with van der Waals surface area (Å²) in [5, 5.41) is 10.9. The standard InChI is InChI=1S/C11H15N3O4/c1-4-13(5-2)10-9(14(16)17)7-6-8(12-10)11(15)18-3/h6-7H,4-5H2,1-3H3. The lowest BCUT2D eigenvalue weighted by Gasteiger charge is -2.19. The predicted octanol–water partition coefficient (Wildman–Crippen LogP) is 1.62. The molecule has 0 N–H and O–H groups in total. The van der Waals surface area contributed by atoms with Gasteiger partial charge in [-0.2, -0.15) is 0 Å². The van der Waals surface area contributed by atoms with Crippen molar-refractivity contribution >= 4 is 17.5 Å². The van der Waals surface area contributed by atoms with Crippen molar-refractivity contribution < 1.29 is 14.5 Å². The highest BCUT2D eigenvalue weighted by molar-refractivity contribution is 5.88. The molecule has 1 aromatic heterocycles. The van der Waals surface area contributed by atoms with Crippen LogP contribution >= 0.6 is 0 Å². The van der Waals surface area contributed by atoms with Gasteiger partial charge in [0.2, 0.25) is 5.82 Å². The quantitative estimate of drug-likeness (QED) is 0.450. The Balaban J connectivity index is 3.31. The van der Waals surface area contributed by atoms with E-state index in [9.17, 15) is 14.9 Å². The Bertz CT molecular complexity index is 458. The van der Waals surface area contributed by atoms with Crippen molar-refractivity contribution in [3.05, 3.63) is 27.9 Å². The number of methoxy groups -OCH3 is 1. The minimum absolute atomic E-state index is 0.0602. The van der Waals surface area contributed by atoms with E-state index in [1.165, 1.54) is 19.2 Å². The second kappa shape index (κ2) is 5.95. The van der Waals surface area contributed by atoms with Crippen molar-refractivity contribution in [1.82, 2.24) is 4.98 Å². The molecule has 0 fully saturated rings. The zero-order valence-corrected chi connectivity index (χ0v) is 10.5. The molecule has 98 valence electrons. The van der Waals surface area contributed by atoms with E-state index >= 15 is 0 Å². The third-order valence-corrected chi connectivity index (χ3v) is 2.51. The number of carbonyl (C=O) groups excluding carboxylic acids is 1. The smallest absolute Gasteiger partial charge is 0.356 e. The summed E-state index contributed by atoms with van der Waals surface area (Å²) >= 11 is 0. The molecule has 0 spiro atoms. The molecule has 0 atom stereocenters. The maximum absolute atomic E-state index is 11.4. The Morgan fingerprint density at radius 1 is 1.44 bits per heavy atom. The lowest BCUT2D eigenvalue weighted by atomic mass is 10.3. The molecular formula is C11H15N3O4. The average molecular weight is 253 g/mol. The number of aromatic nitrogens is 1. The number of hydrogen-bond acceptors (Lipinski definition) is 6. The summed E-state index contributed by atoms with van der Waals surface area (Å²) < 4.78 is 4.55. The largest absolute Gasteiger partial charge is 0.464 e. The molecule has 7 nitrogen and oxygen atoms in total. The molecule has 1 aromatic rings. The molecular weight excluding hydrogens is 238 g/mol. The molecule has 0 aliphatic carbocycles. The Morgan fingerprint density at radius 2 is 2.06 bits per heavy atom. The summed E-state index contributed by atoms with van der Waals surface area (Å²) in [6, 6.07) is 2.56. The number of anilines is 1. The molecule has 1 rings (SSSR count). The number of esters is 1. The van der Waals surface area contributed by atoms with Gasteiger partial charge in [0, 0.05) is 19.2 Å². The number of hydrogen-bond donors (Lipinski definition) is 0. The second-order valence-corrected chi connectivity index (χ2v) is 3.46. The molecule has 0 bridgehead atoms. The number of carbonyl (C=O) groups is 1. The van der Waals surface area contributed by atoms with Crippen LogP contribution in [0.5, 0.6) is 0 Å². The van der Waals surface area contributed by atoms with Gasteiger partial charge in [-0.15, -0.1) is 0 Å². The summed E-state index contributed by atoms with van der Waals surface area (Å²) in [6.45, 7) is 4.85. The van der Waals surface area contributed by atoms with E-state index in [2.05, 4.69) is 9.72 Å². The summed E-state index contributed by atoms with van der Waals surface area (Å²) in [7, 11) is 1.24. The lowest BCUT2D eigenvalue weighted by Crippen LogP contribution is -2.25. The number of rotatable bonds is 5. The minimum atomic E-state index is -0.613. The SMILES string of the molecule is CCN(CC)c1nc(C(=O)OC)ccc1[N+](=O)[O-]. The van der Waals surface area contributed by atoms with Crippen molar-refractivity contribution in [2.45, 2.75) is 13.8 Å². The number of ether oxygens (including phenoxy) is 1. The Hall–Kier alpha value is -2.18. The van der Waals surface area contributed by atoms with E-state index in [1.54, 1.807) is 4.90 Å². The van der Waals surface area contributed by atoms with Gasteiger partial charge in [-0.25, -0.2) is 9.78 Å². The molecule has 0 saturated carbocycles. The second-order valence-electron chi connectivity index (χ2n) is 3.46. The third kappa shape index (κ3) is 2.73. The highest BCUT2D eigenvalue weighted by Crippen LogP contribution is 2.26. The molecule has 0 aliphatic rings. The van der Waals surface area contributed by atoms with E-state index in [0.29, 0.717) is 13.1 Å². The first-order valence-electron chi connectivity index (χ1n) is 5.53. The van der Waals surface area contributed by atoms with Gasteiger partial charge in [0.25, 0.3) is 0 Å². The van der Waals surface area contributed by atoms with Gasteiger partial charge in [0.15, 0.2) is 5.69 Å². The third-order valence-electron chi connectivity index (χ3n) is 2.51. The lowest BCUT2D eigenvalue weighted by molar-refractivity contribution is -0.384. The summed E-state index contributed by atoms with van der Waals surface area (Å²) in [4.78, 5) is 27.5. The molecule has 18 heavy (non-hydrogen) atoms. The van der Waals surface area contributed by atoms with Crippen LogP contribution in [-0.4, -0.2) is 36.1 Å². The van der Waals surface area contributed by atoms with Crippen molar-refractivity contribution in [3.8, 4) is 0 Å². The molecule has 0 aliphatic heterocycles. The van der Waals surface area contributed by atoms with Gasteiger partial charge in [-0.3, -0.25) is 10.1 Å². The van der Waals surface area contributed by atoms with E-state index in [0.717, 1.165) is 0 Å². The first-order valence-corrected chi connectivity index (χ1v) is 5.53. The highest BCUT2D eigenvalue weighted by Gasteiger charge is 2.22. The van der Waals surface area contributed by atoms with Gasteiger partial charge < -0.3 is 9.64 Å². The van der Waals surface area contributed by atoms with Crippen LogP contribution in [0.15, 0.2) is 12.1 Å². The molecule has 1 heterocycles. The topological polar surface area (TPSA) is 85.6 Å². The Kier molecular flexibility index (Phi) is 4.59. The monoisotopic (exact) mass is 253 g/mol. The van der Waals surface area contributed by atoms with Gasteiger partial charge in [0.05, 0.1) is 12.0 Å². The first-order chi connectivity index (χ1) is 8.54. The fourth-order valence-corrected chi connectivity index (χ4v) is 1.56. The zero-order valence-electron chi connectivity index (χ0n) is 10.5. The normalized spacial score (nSPS) is 9.94. The van der Waals surface area contributed by atoms with Crippen molar-refractivity contribution in [3.63, 3.8) is 0 Å². The van der Waals surface area contributed by atoms with Crippen LogP contribution in [0.3, 0.4) is 0 Å². The van der Waals surface area contributed by atoms with E-state index in [1.807, 2.05) is 13.8 Å². The number of nitrogens with zero attached hydrogens (tertiary/aromatic N) is 3. The number of nitro groups is 1. The van der Waals surface area contributed by atoms with Gasteiger partial charge in [0.1, 0.15) is 0 Å². The van der Waals surface area contributed by atoms with Gasteiger partial charge in [-0.05, 0) is 19.9 Å². The fraction of sp³-hybridized carbons (Fsp3) is 0.455. The van der Waals surface area contributed by atoms with Crippen LogP contribution in [0.4, 0.5) is 11.5 Å².